The van der Waals surface area contributed by atoms with E-state index in [9.17, 15) is 4.79 Å². The highest BCUT2D eigenvalue weighted by atomic mass is 79.9. The van der Waals surface area contributed by atoms with E-state index in [0.717, 1.165) is 20.9 Å². The standard InChI is InChI=1S/C14H15BrClNO3/c1-17-12-9(5-6-10(16)11(12)15)8(4-3-7-18)13(17)14(19)20-2/h5-6,18H,3-4,7H2,1-2H3. The van der Waals surface area contributed by atoms with Crippen LogP contribution in [0.3, 0.4) is 0 Å². The Bertz CT molecular complexity index is 666. The lowest BCUT2D eigenvalue weighted by atomic mass is 10.1. The molecule has 6 heteroatoms. The third kappa shape index (κ3) is 2.45. The number of halogens is 2. The van der Waals surface area contributed by atoms with Gasteiger partial charge >= 0.3 is 5.97 Å². The van der Waals surface area contributed by atoms with Crippen molar-refractivity contribution in [1.29, 1.82) is 0 Å². The number of ether oxygens (including phenoxy) is 1. The minimum absolute atomic E-state index is 0.0752. The van der Waals surface area contributed by atoms with E-state index in [1.165, 1.54) is 7.11 Å². The number of hydrogen-bond donors (Lipinski definition) is 1. The summed E-state index contributed by atoms with van der Waals surface area (Å²) in [6.07, 6.45) is 1.19. The fourth-order valence-corrected chi connectivity index (χ4v) is 3.18. The van der Waals surface area contributed by atoms with Gasteiger partial charge in [-0.3, -0.25) is 0 Å². The first-order chi connectivity index (χ1) is 9.52. The van der Waals surface area contributed by atoms with Crippen LogP contribution in [0.1, 0.15) is 22.5 Å². The van der Waals surface area contributed by atoms with Crippen LogP contribution >= 0.6 is 27.5 Å². The smallest absolute Gasteiger partial charge is 0.354 e. The molecule has 0 spiro atoms. The third-order valence-corrected chi connectivity index (χ3v) is 4.66. The molecule has 1 aromatic heterocycles. The van der Waals surface area contributed by atoms with Gasteiger partial charge in [-0.1, -0.05) is 17.7 Å². The number of carbonyl (C=O) groups excluding carboxylic acids is 1. The van der Waals surface area contributed by atoms with Gasteiger partial charge in [0, 0.05) is 19.0 Å². The Kier molecular flexibility index (Phi) is 4.73. The predicted molar refractivity (Wildman–Crippen MR) is 82.4 cm³/mol. The Labute approximate surface area is 130 Å². The van der Waals surface area contributed by atoms with E-state index in [1.807, 2.05) is 6.07 Å². The summed E-state index contributed by atoms with van der Waals surface area (Å²) in [6, 6.07) is 3.68. The molecule has 0 aliphatic carbocycles. The monoisotopic (exact) mass is 359 g/mol. The molecule has 20 heavy (non-hydrogen) atoms. The number of rotatable bonds is 4. The molecule has 0 aliphatic rings. The number of methoxy groups -OCH3 is 1. The lowest BCUT2D eigenvalue weighted by Crippen LogP contribution is -2.10. The molecule has 4 nitrogen and oxygen atoms in total. The second-order valence-electron chi connectivity index (χ2n) is 4.46. The summed E-state index contributed by atoms with van der Waals surface area (Å²) in [5.74, 6) is -0.389. The molecule has 1 N–H and O–H groups in total. The lowest BCUT2D eigenvalue weighted by molar-refractivity contribution is 0.0589. The number of hydrogen-bond acceptors (Lipinski definition) is 3. The lowest BCUT2D eigenvalue weighted by Gasteiger charge is -2.05. The van der Waals surface area contributed by atoms with Gasteiger partial charge in [0.05, 0.1) is 22.1 Å². The van der Waals surface area contributed by atoms with Crippen LogP contribution in [0.15, 0.2) is 16.6 Å². The van der Waals surface area contributed by atoms with Gasteiger partial charge in [-0.15, -0.1) is 0 Å². The number of esters is 1. The number of aliphatic hydroxyl groups is 1. The molecule has 0 fully saturated rings. The first-order valence-corrected chi connectivity index (χ1v) is 7.34. The van der Waals surface area contributed by atoms with E-state index in [0.29, 0.717) is 23.6 Å². The summed E-state index contributed by atoms with van der Waals surface area (Å²) >= 11 is 9.59. The molecule has 0 saturated carbocycles. The first-order valence-electron chi connectivity index (χ1n) is 6.17. The summed E-state index contributed by atoms with van der Waals surface area (Å²) in [7, 11) is 3.16. The molecule has 0 saturated heterocycles. The zero-order valence-electron chi connectivity index (χ0n) is 11.2. The second kappa shape index (κ2) is 6.16. The van der Waals surface area contributed by atoms with Gasteiger partial charge in [0.25, 0.3) is 0 Å². The number of fused-ring (bicyclic) bond motifs is 1. The highest BCUT2D eigenvalue weighted by molar-refractivity contribution is 9.10. The Balaban J connectivity index is 2.78. The van der Waals surface area contributed by atoms with Crippen LogP contribution in [-0.2, 0) is 18.2 Å². The quantitative estimate of drug-likeness (QED) is 0.851. The van der Waals surface area contributed by atoms with Crippen molar-refractivity contribution in [3.8, 4) is 0 Å². The fourth-order valence-electron chi connectivity index (χ4n) is 2.42. The summed E-state index contributed by atoms with van der Waals surface area (Å²) < 4.78 is 7.40. The van der Waals surface area contributed by atoms with E-state index in [2.05, 4.69) is 15.9 Å². The van der Waals surface area contributed by atoms with Crippen LogP contribution in [0, 0.1) is 0 Å². The van der Waals surface area contributed by atoms with E-state index in [-0.39, 0.29) is 12.6 Å². The van der Waals surface area contributed by atoms with Crippen LogP contribution in [0.5, 0.6) is 0 Å². The minimum atomic E-state index is -0.389. The Morgan fingerprint density at radius 2 is 2.20 bits per heavy atom. The predicted octanol–water partition coefficient (Wildman–Crippen LogP) is 3.31. The zero-order chi connectivity index (χ0) is 14.9. The van der Waals surface area contributed by atoms with Crippen molar-refractivity contribution in [2.45, 2.75) is 12.8 Å². The van der Waals surface area contributed by atoms with Crippen molar-refractivity contribution in [2.75, 3.05) is 13.7 Å². The number of nitrogens with zero attached hydrogens (tertiary/aromatic N) is 1. The largest absolute Gasteiger partial charge is 0.464 e. The van der Waals surface area contributed by atoms with Crippen molar-refractivity contribution in [1.82, 2.24) is 4.57 Å². The van der Waals surface area contributed by atoms with Crippen LogP contribution in [0.2, 0.25) is 5.02 Å². The summed E-state index contributed by atoms with van der Waals surface area (Å²) in [5, 5.41) is 10.6. The SMILES string of the molecule is COC(=O)c1c(CCCO)c2ccc(Cl)c(Br)c2n1C. The molecule has 1 aromatic carbocycles. The van der Waals surface area contributed by atoms with Gasteiger partial charge in [0.15, 0.2) is 0 Å². The molecule has 2 rings (SSSR count). The zero-order valence-corrected chi connectivity index (χ0v) is 13.6. The van der Waals surface area contributed by atoms with Crippen molar-refractivity contribution in [3.05, 3.63) is 32.9 Å². The number of carbonyl (C=O) groups is 1. The third-order valence-electron chi connectivity index (χ3n) is 3.31. The molecular formula is C14H15BrClNO3. The number of aryl methyl sites for hydroxylation is 2. The number of benzene rings is 1. The van der Waals surface area contributed by atoms with Crippen LogP contribution < -0.4 is 0 Å². The van der Waals surface area contributed by atoms with Gasteiger partial charge in [0.2, 0.25) is 0 Å². The average molecular weight is 361 g/mol. The molecular weight excluding hydrogens is 346 g/mol. The Morgan fingerprint density at radius 1 is 1.50 bits per heavy atom. The molecule has 2 aromatic rings. The summed E-state index contributed by atoms with van der Waals surface area (Å²) in [5.41, 5.74) is 2.23. The first kappa shape index (κ1) is 15.4. The number of aliphatic hydroxyl groups excluding tert-OH is 1. The van der Waals surface area contributed by atoms with Crippen molar-refractivity contribution in [3.63, 3.8) is 0 Å². The Hall–Kier alpha value is -1.04. The van der Waals surface area contributed by atoms with E-state index in [1.54, 1.807) is 17.7 Å². The Morgan fingerprint density at radius 3 is 2.80 bits per heavy atom. The highest BCUT2D eigenvalue weighted by Gasteiger charge is 2.23. The summed E-state index contributed by atoms with van der Waals surface area (Å²) in [4.78, 5) is 12.0. The molecule has 0 radical (unpaired) electrons. The fraction of sp³-hybridized carbons (Fsp3) is 0.357. The van der Waals surface area contributed by atoms with Crippen molar-refractivity contribution >= 4 is 44.4 Å². The topological polar surface area (TPSA) is 51.5 Å². The van der Waals surface area contributed by atoms with Crippen molar-refractivity contribution < 1.29 is 14.6 Å². The normalized spacial score (nSPS) is 11.1. The molecule has 0 aliphatic heterocycles. The maximum absolute atomic E-state index is 12.0. The van der Waals surface area contributed by atoms with Gasteiger partial charge in [-0.25, -0.2) is 4.79 Å². The summed E-state index contributed by atoms with van der Waals surface area (Å²) in [6.45, 7) is 0.0752. The highest BCUT2D eigenvalue weighted by Crippen LogP contribution is 2.36. The van der Waals surface area contributed by atoms with Gasteiger partial charge in [0.1, 0.15) is 5.69 Å². The molecule has 0 bridgehead atoms. The van der Waals surface area contributed by atoms with E-state index < -0.39 is 0 Å². The molecule has 0 amide bonds. The minimum Gasteiger partial charge on any atom is -0.464 e. The maximum atomic E-state index is 12.0. The van der Waals surface area contributed by atoms with E-state index in [4.69, 9.17) is 21.4 Å². The second-order valence-corrected chi connectivity index (χ2v) is 5.66. The molecule has 1 heterocycles. The van der Waals surface area contributed by atoms with Gasteiger partial charge in [-0.2, -0.15) is 0 Å². The van der Waals surface area contributed by atoms with Crippen LogP contribution in [-0.4, -0.2) is 29.4 Å². The van der Waals surface area contributed by atoms with Gasteiger partial charge < -0.3 is 14.4 Å². The maximum Gasteiger partial charge on any atom is 0.354 e. The molecule has 0 atom stereocenters. The van der Waals surface area contributed by atoms with Crippen LogP contribution in [0.25, 0.3) is 10.9 Å². The van der Waals surface area contributed by atoms with Gasteiger partial charge in [-0.05, 0) is 40.4 Å². The molecule has 0 unspecified atom stereocenters. The van der Waals surface area contributed by atoms with Crippen LogP contribution in [0.4, 0.5) is 0 Å². The van der Waals surface area contributed by atoms with Crippen molar-refractivity contribution in [2.24, 2.45) is 7.05 Å². The average Bonchev–Trinajstić information content (AvgIpc) is 2.72. The molecule has 108 valence electrons. The van der Waals surface area contributed by atoms with E-state index >= 15 is 0 Å². The number of aromatic nitrogens is 1.